The molecule has 0 saturated heterocycles. The van der Waals surface area contributed by atoms with Gasteiger partial charge in [0.1, 0.15) is 5.75 Å². The Labute approximate surface area is 209 Å². The van der Waals surface area contributed by atoms with E-state index in [2.05, 4.69) is 101 Å². The summed E-state index contributed by atoms with van der Waals surface area (Å²) in [6.07, 6.45) is 3.35. The first-order valence-corrected chi connectivity index (χ1v) is 13.5. The van der Waals surface area contributed by atoms with Gasteiger partial charge < -0.3 is 10.4 Å². The van der Waals surface area contributed by atoms with Crippen LogP contribution in [-0.4, -0.2) is 5.11 Å². The molecule has 0 bridgehead atoms. The zero-order valence-electron chi connectivity index (χ0n) is 22.0. The predicted molar refractivity (Wildman–Crippen MR) is 151 cm³/mol. The smallest absolute Gasteiger partial charge is 0.122 e. The van der Waals surface area contributed by atoms with Gasteiger partial charge in [-0.15, -0.1) is 0 Å². The van der Waals surface area contributed by atoms with Crippen LogP contribution in [0.15, 0.2) is 60.7 Å². The Bertz CT molecular complexity index is 1100. The minimum atomic E-state index is -0.122. The summed E-state index contributed by atoms with van der Waals surface area (Å²) >= 11 is 0. The molecule has 2 nitrogen and oxygen atoms in total. The third kappa shape index (κ3) is 6.42. The summed E-state index contributed by atoms with van der Waals surface area (Å²) in [5, 5.41) is 16.1. The summed E-state index contributed by atoms with van der Waals surface area (Å²) in [6, 6.07) is 21.7. The fraction of sp³-hybridized carbons (Fsp3) is 0.419. The molecular weight excluding hydrogens is 433 g/mol. The van der Waals surface area contributed by atoms with Gasteiger partial charge in [0.2, 0.25) is 0 Å². The largest absolute Gasteiger partial charge is 0.507 e. The summed E-state index contributed by atoms with van der Waals surface area (Å²) in [6.45, 7) is 16.4. The summed E-state index contributed by atoms with van der Waals surface area (Å²) < 4.78 is 0. The highest BCUT2D eigenvalue weighted by atomic mass is 31.1. The van der Waals surface area contributed by atoms with Crippen molar-refractivity contribution in [3.63, 3.8) is 0 Å². The number of aromatic hydroxyl groups is 1. The Morgan fingerprint density at radius 2 is 1.62 bits per heavy atom. The van der Waals surface area contributed by atoms with E-state index in [4.69, 9.17) is 0 Å². The standard InChI is InChI=1S/C31H42NOP/c1-8-9-17-31(7,27-20-25(30(4,5)6)19-23(3)29(27)33)34-28-16-15-22(2)18-24(28)21-32-26-13-11-10-12-14-26/h10-16,18-20,32-34H,8-9,17,21H2,1-7H3. The quantitative estimate of drug-likeness (QED) is 0.305. The van der Waals surface area contributed by atoms with E-state index in [1.54, 1.807) is 0 Å². The zero-order chi connectivity index (χ0) is 24.9. The number of unbranched alkanes of at least 4 members (excludes halogenated alkanes) is 1. The Hall–Kier alpha value is -2.31. The Balaban J connectivity index is 2.02. The maximum Gasteiger partial charge on any atom is 0.122 e. The van der Waals surface area contributed by atoms with E-state index in [0.29, 0.717) is 14.3 Å². The van der Waals surface area contributed by atoms with E-state index in [1.165, 1.54) is 22.0 Å². The second-order valence-corrected chi connectivity index (χ2v) is 12.8. The summed E-state index contributed by atoms with van der Waals surface area (Å²) in [7, 11) is 0.571. The molecule has 0 radical (unpaired) electrons. The molecule has 2 atom stereocenters. The monoisotopic (exact) mass is 475 g/mol. The van der Waals surface area contributed by atoms with Crippen molar-refractivity contribution >= 4 is 19.6 Å². The van der Waals surface area contributed by atoms with E-state index in [-0.39, 0.29) is 10.6 Å². The molecule has 0 aromatic heterocycles. The van der Waals surface area contributed by atoms with Gasteiger partial charge in [-0.1, -0.05) is 110 Å². The first-order chi connectivity index (χ1) is 16.0. The van der Waals surface area contributed by atoms with Gasteiger partial charge in [-0.2, -0.15) is 0 Å². The van der Waals surface area contributed by atoms with Crippen molar-refractivity contribution in [2.45, 2.75) is 84.8 Å². The molecule has 2 unspecified atom stereocenters. The molecule has 182 valence electrons. The molecule has 0 aliphatic carbocycles. The van der Waals surface area contributed by atoms with Gasteiger partial charge in [0.05, 0.1) is 0 Å². The van der Waals surface area contributed by atoms with Crippen molar-refractivity contribution in [3.8, 4) is 5.75 Å². The van der Waals surface area contributed by atoms with Crippen molar-refractivity contribution in [1.82, 2.24) is 0 Å². The van der Waals surface area contributed by atoms with Gasteiger partial charge in [-0.3, -0.25) is 0 Å². The molecular formula is C31H42NOP. The number of hydrogen-bond donors (Lipinski definition) is 2. The van der Waals surface area contributed by atoms with E-state index in [9.17, 15) is 5.11 Å². The Kier molecular flexibility index (Phi) is 8.47. The fourth-order valence-electron chi connectivity index (χ4n) is 4.47. The van der Waals surface area contributed by atoms with Crippen LogP contribution in [0, 0.1) is 13.8 Å². The zero-order valence-corrected chi connectivity index (χ0v) is 23.0. The molecule has 34 heavy (non-hydrogen) atoms. The Morgan fingerprint density at radius 1 is 0.912 bits per heavy atom. The van der Waals surface area contributed by atoms with E-state index < -0.39 is 0 Å². The normalized spacial score (nSPS) is 13.9. The summed E-state index contributed by atoms with van der Waals surface area (Å²) in [4.78, 5) is 0. The van der Waals surface area contributed by atoms with Crippen molar-refractivity contribution < 1.29 is 5.11 Å². The first kappa shape index (κ1) is 26.3. The van der Waals surface area contributed by atoms with Crippen molar-refractivity contribution in [1.29, 1.82) is 0 Å². The maximum absolute atomic E-state index is 11.3. The molecule has 3 aromatic carbocycles. The highest BCUT2D eigenvalue weighted by Gasteiger charge is 2.32. The molecule has 3 aromatic rings. The highest BCUT2D eigenvalue weighted by Crippen LogP contribution is 2.50. The number of hydrogen-bond acceptors (Lipinski definition) is 2. The maximum atomic E-state index is 11.3. The van der Waals surface area contributed by atoms with Gasteiger partial charge >= 0.3 is 0 Å². The summed E-state index contributed by atoms with van der Waals surface area (Å²) in [5.74, 6) is 0.468. The van der Waals surface area contributed by atoms with Crippen LogP contribution >= 0.6 is 8.58 Å². The van der Waals surface area contributed by atoms with Crippen molar-refractivity contribution in [2.75, 3.05) is 5.32 Å². The second-order valence-electron chi connectivity index (χ2n) is 10.9. The SMILES string of the molecule is CCCCC(C)(Pc1ccc(C)cc1CNc1ccccc1)c1cc(C(C)(C)C)cc(C)c1O. The molecule has 0 aliphatic heterocycles. The van der Waals surface area contributed by atoms with Crippen LogP contribution < -0.4 is 10.6 Å². The van der Waals surface area contributed by atoms with E-state index in [1.807, 2.05) is 13.0 Å². The lowest BCUT2D eigenvalue weighted by atomic mass is 9.82. The van der Waals surface area contributed by atoms with Crippen LogP contribution in [0.1, 0.15) is 81.7 Å². The first-order valence-electron chi connectivity index (χ1n) is 12.5. The minimum Gasteiger partial charge on any atom is -0.507 e. The molecule has 0 spiro atoms. The van der Waals surface area contributed by atoms with Crippen LogP contribution in [0.3, 0.4) is 0 Å². The molecule has 0 heterocycles. The third-order valence-electron chi connectivity index (χ3n) is 6.72. The molecule has 0 fully saturated rings. The molecule has 0 saturated carbocycles. The number of aryl methyl sites for hydroxylation is 2. The number of phenolic OH excluding ortho intramolecular Hbond substituents is 1. The lowest BCUT2D eigenvalue weighted by Crippen LogP contribution is -2.23. The number of nitrogens with one attached hydrogen (secondary N) is 1. The summed E-state index contributed by atoms with van der Waals surface area (Å²) in [5.41, 5.74) is 7.17. The lowest BCUT2D eigenvalue weighted by Gasteiger charge is -2.34. The van der Waals surface area contributed by atoms with Gasteiger partial charge in [0.25, 0.3) is 0 Å². The molecule has 3 heteroatoms. The molecule has 2 N–H and O–H groups in total. The van der Waals surface area contributed by atoms with Gasteiger partial charge in [-0.05, 0) is 59.8 Å². The molecule has 3 rings (SSSR count). The van der Waals surface area contributed by atoms with E-state index >= 15 is 0 Å². The number of rotatable bonds is 9. The lowest BCUT2D eigenvalue weighted by molar-refractivity contribution is 0.445. The van der Waals surface area contributed by atoms with Crippen molar-refractivity contribution in [2.24, 2.45) is 0 Å². The number of anilines is 1. The van der Waals surface area contributed by atoms with Crippen LogP contribution in [0.5, 0.6) is 5.75 Å². The average Bonchev–Trinajstić information content (AvgIpc) is 2.79. The van der Waals surface area contributed by atoms with Crippen LogP contribution in [0.4, 0.5) is 5.69 Å². The second kappa shape index (κ2) is 11.0. The number of para-hydroxylation sites is 1. The number of phenols is 1. The van der Waals surface area contributed by atoms with Gasteiger partial charge in [0, 0.05) is 23.0 Å². The van der Waals surface area contributed by atoms with Gasteiger partial charge in [0.15, 0.2) is 0 Å². The predicted octanol–water partition coefficient (Wildman–Crippen LogP) is 8.33. The van der Waals surface area contributed by atoms with Gasteiger partial charge in [-0.25, -0.2) is 0 Å². The number of benzene rings is 3. The third-order valence-corrected chi connectivity index (χ3v) is 8.55. The minimum absolute atomic E-state index is 0.0383. The van der Waals surface area contributed by atoms with Crippen LogP contribution in [-0.2, 0) is 17.1 Å². The van der Waals surface area contributed by atoms with Crippen LogP contribution in [0.25, 0.3) is 0 Å². The fourth-order valence-corrected chi connectivity index (χ4v) is 6.18. The van der Waals surface area contributed by atoms with Crippen molar-refractivity contribution in [3.05, 3.63) is 88.5 Å². The highest BCUT2D eigenvalue weighted by molar-refractivity contribution is 7.48. The topological polar surface area (TPSA) is 32.3 Å². The van der Waals surface area contributed by atoms with Crippen LogP contribution in [0.2, 0.25) is 0 Å². The average molecular weight is 476 g/mol. The Morgan fingerprint density at radius 3 is 2.26 bits per heavy atom. The molecule has 0 amide bonds. The molecule has 0 aliphatic rings. The van der Waals surface area contributed by atoms with E-state index in [0.717, 1.165) is 42.6 Å².